The molecule has 1 rings (SSSR count). The van der Waals surface area contributed by atoms with Crippen LogP contribution in [0.25, 0.3) is 0 Å². The van der Waals surface area contributed by atoms with Crippen LogP contribution in [0.4, 0.5) is 0 Å². The van der Waals surface area contributed by atoms with Gasteiger partial charge in [0.2, 0.25) is 0 Å². The van der Waals surface area contributed by atoms with Gasteiger partial charge in [0.1, 0.15) is 0 Å². The molecule has 0 amide bonds. The minimum absolute atomic E-state index is 0.257. The van der Waals surface area contributed by atoms with Gasteiger partial charge < -0.3 is 9.84 Å². The molecule has 0 bridgehead atoms. The Morgan fingerprint density at radius 2 is 1.93 bits per heavy atom. The fourth-order valence-electron chi connectivity index (χ4n) is 1.43. The van der Waals surface area contributed by atoms with E-state index in [9.17, 15) is 13.2 Å². The quantitative estimate of drug-likeness (QED) is 0.727. The molecule has 14 heavy (non-hydrogen) atoms. The van der Waals surface area contributed by atoms with Gasteiger partial charge in [-0.25, -0.2) is 8.42 Å². The summed E-state index contributed by atoms with van der Waals surface area (Å²) in [6.45, 7) is 0.911. The molecule has 0 aromatic rings. The number of ether oxygens (including phenoxy) is 1. The number of carbonyl (C=O) groups is 1. The fraction of sp³-hybridized carbons (Fsp3) is 0.875. The normalized spacial score (nSPS) is 19.4. The van der Waals surface area contributed by atoms with E-state index in [-0.39, 0.29) is 12.2 Å². The molecule has 0 spiro atoms. The maximum absolute atomic E-state index is 11.6. The Bertz CT molecular complexity index is 289. The van der Waals surface area contributed by atoms with Crippen LogP contribution >= 0.6 is 0 Å². The summed E-state index contributed by atoms with van der Waals surface area (Å²) in [5.74, 6) is -1.33. The Labute approximate surface area is 83.0 Å². The van der Waals surface area contributed by atoms with Crippen LogP contribution in [0.2, 0.25) is 0 Å². The minimum atomic E-state index is -3.24. The van der Waals surface area contributed by atoms with Crippen molar-refractivity contribution in [1.29, 1.82) is 0 Å². The van der Waals surface area contributed by atoms with E-state index in [4.69, 9.17) is 9.84 Å². The van der Waals surface area contributed by atoms with Crippen molar-refractivity contribution in [2.24, 2.45) is 0 Å². The zero-order valence-corrected chi connectivity index (χ0v) is 8.62. The first-order valence-electron chi connectivity index (χ1n) is 4.53. The maximum Gasteiger partial charge on any atom is 0.304 e. The van der Waals surface area contributed by atoms with Gasteiger partial charge >= 0.3 is 5.97 Å². The zero-order chi connectivity index (χ0) is 10.6. The van der Waals surface area contributed by atoms with E-state index in [1.807, 2.05) is 0 Å². The van der Waals surface area contributed by atoms with Crippen molar-refractivity contribution in [3.63, 3.8) is 0 Å². The number of sulfone groups is 1. The number of carboxylic acid groups (broad SMARTS) is 1. The minimum Gasteiger partial charge on any atom is -0.481 e. The Balaban J connectivity index is 2.50. The first-order valence-corrected chi connectivity index (χ1v) is 6.25. The van der Waals surface area contributed by atoms with Gasteiger partial charge in [0, 0.05) is 13.2 Å². The van der Waals surface area contributed by atoms with Crippen LogP contribution in [0.3, 0.4) is 0 Å². The summed E-state index contributed by atoms with van der Waals surface area (Å²) in [4.78, 5) is 10.2. The first kappa shape index (κ1) is 11.5. The highest BCUT2D eigenvalue weighted by molar-refractivity contribution is 7.92. The standard InChI is InChI=1S/C8H14O5S/c9-8(10)3-6-14(11,12)7-1-4-13-5-2-7/h7H,1-6H2,(H,9,10). The lowest BCUT2D eigenvalue weighted by Crippen LogP contribution is -2.31. The topological polar surface area (TPSA) is 80.7 Å². The van der Waals surface area contributed by atoms with Crippen LogP contribution in [-0.2, 0) is 19.4 Å². The Hall–Kier alpha value is -0.620. The Kier molecular flexibility index (Phi) is 3.88. The smallest absolute Gasteiger partial charge is 0.304 e. The van der Waals surface area contributed by atoms with Crippen LogP contribution in [0.15, 0.2) is 0 Å². The summed E-state index contributed by atoms with van der Waals surface area (Å²) < 4.78 is 28.2. The molecule has 5 nitrogen and oxygen atoms in total. The van der Waals surface area contributed by atoms with Gasteiger partial charge in [-0.05, 0) is 12.8 Å². The lowest BCUT2D eigenvalue weighted by molar-refractivity contribution is -0.136. The lowest BCUT2D eigenvalue weighted by Gasteiger charge is -2.21. The molecule has 1 N–H and O–H groups in total. The third-order valence-electron chi connectivity index (χ3n) is 2.28. The zero-order valence-electron chi connectivity index (χ0n) is 7.81. The summed E-state index contributed by atoms with van der Waals surface area (Å²) in [5.41, 5.74) is 0. The molecule has 0 unspecified atom stereocenters. The highest BCUT2D eigenvalue weighted by atomic mass is 32.2. The predicted molar refractivity (Wildman–Crippen MR) is 49.9 cm³/mol. The molecule has 1 aliphatic rings. The van der Waals surface area contributed by atoms with Gasteiger partial charge in [-0.3, -0.25) is 4.79 Å². The molecule has 0 radical (unpaired) electrons. The summed E-state index contributed by atoms with van der Waals surface area (Å²) in [6.07, 6.45) is 0.670. The van der Waals surface area contributed by atoms with Gasteiger partial charge in [0.15, 0.2) is 9.84 Å². The van der Waals surface area contributed by atoms with Gasteiger partial charge in [-0.15, -0.1) is 0 Å². The molecule has 0 aliphatic carbocycles. The maximum atomic E-state index is 11.6. The van der Waals surface area contributed by atoms with E-state index in [1.165, 1.54) is 0 Å². The lowest BCUT2D eigenvalue weighted by atomic mass is 10.2. The predicted octanol–water partition coefficient (Wildman–Crippen LogP) is 0.0549. The number of aliphatic carboxylic acids is 1. The van der Waals surface area contributed by atoms with Crippen LogP contribution in [-0.4, -0.2) is 43.7 Å². The van der Waals surface area contributed by atoms with E-state index in [2.05, 4.69) is 0 Å². The van der Waals surface area contributed by atoms with Crippen molar-refractivity contribution in [2.75, 3.05) is 19.0 Å². The van der Waals surface area contributed by atoms with Gasteiger partial charge in [-0.1, -0.05) is 0 Å². The highest BCUT2D eigenvalue weighted by Crippen LogP contribution is 2.17. The summed E-state index contributed by atoms with van der Waals surface area (Å²) in [7, 11) is -3.24. The first-order chi connectivity index (χ1) is 6.52. The number of carboxylic acids is 1. The molecule has 6 heteroatoms. The molecule has 0 saturated carbocycles. The molecule has 1 fully saturated rings. The average Bonchev–Trinajstić information content (AvgIpc) is 2.16. The number of hydrogen-bond acceptors (Lipinski definition) is 4. The van der Waals surface area contributed by atoms with E-state index in [0.29, 0.717) is 26.1 Å². The Morgan fingerprint density at radius 1 is 1.36 bits per heavy atom. The second kappa shape index (κ2) is 4.75. The van der Waals surface area contributed by atoms with Gasteiger partial charge in [0.25, 0.3) is 0 Å². The van der Waals surface area contributed by atoms with E-state index < -0.39 is 21.1 Å². The summed E-state index contributed by atoms with van der Waals surface area (Å²) in [5, 5.41) is 7.98. The molecule has 0 aromatic carbocycles. The van der Waals surface area contributed by atoms with Crippen LogP contribution in [0, 0.1) is 0 Å². The average molecular weight is 222 g/mol. The van der Waals surface area contributed by atoms with Crippen LogP contribution in [0.1, 0.15) is 19.3 Å². The fourth-order valence-corrected chi connectivity index (χ4v) is 3.13. The largest absolute Gasteiger partial charge is 0.481 e. The van der Waals surface area contributed by atoms with Crippen LogP contribution in [0.5, 0.6) is 0 Å². The number of hydrogen-bond donors (Lipinski definition) is 1. The third kappa shape index (κ3) is 3.26. The van der Waals surface area contributed by atoms with E-state index in [0.717, 1.165) is 0 Å². The molecule has 0 aromatic heterocycles. The second-order valence-corrected chi connectivity index (χ2v) is 5.72. The molecular weight excluding hydrogens is 208 g/mol. The summed E-state index contributed by atoms with van der Waals surface area (Å²) in [6, 6.07) is 0. The molecular formula is C8H14O5S. The van der Waals surface area contributed by atoms with E-state index >= 15 is 0 Å². The van der Waals surface area contributed by atoms with Gasteiger partial charge in [-0.2, -0.15) is 0 Å². The van der Waals surface area contributed by atoms with Crippen molar-refractivity contribution in [3.8, 4) is 0 Å². The Morgan fingerprint density at radius 3 is 2.43 bits per heavy atom. The highest BCUT2D eigenvalue weighted by Gasteiger charge is 2.27. The van der Waals surface area contributed by atoms with Gasteiger partial charge in [0.05, 0.1) is 17.4 Å². The van der Waals surface area contributed by atoms with E-state index in [1.54, 1.807) is 0 Å². The monoisotopic (exact) mass is 222 g/mol. The van der Waals surface area contributed by atoms with Crippen molar-refractivity contribution in [2.45, 2.75) is 24.5 Å². The molecule has 82 valence electrons. The molecule has 1 aliphatic heterocycles. The second-order valence-electron chi connectivity index (χ2n) is 3.32. The van der Waals surface area contributed by atoms with Crippen LogP contribution < -0.4 is 0 Å². The SMILES string of the molecule is O=C(O)CCS(=O)(=O)C1CCOCC1. The number of rotatable bonds is 4. The molecule has 1 saturated heterocycles. The van der Waals surface area contributed by atoms with Crippen molar-refractivity contribution in [3.05, 3.63) is 0 Å². The van der Waals surface area contributed by atoms with Crippen molar-refractivity contribution in [1.82, 2.24) is 0 Å². The third-order valence-corrected chi connectivity index (χ3v) is 4.54. The van der Waals surface area contributed by atoms with Crippen molar-refractivity contribution >= 4 is 15.8 Å². The summed E-state index contributed by atoms with van der Waals surface area (Å²) >= 11 is 0. The molecule has 0 atom stereocenters. The molecule has 1 heterocycles. The van der Waals surface area contributed by atoms with Crippen molar-refractivity contribution < 1.29 is 23.1 Å².